The summed E-state index contributed by atoms with van der Waals surface area (Å²) in [5.41, 5.74) is 6.93. The highest BCUT2D eigenvalue weighted by Gasteiger charge is 2.25. The summed E-state index contributed by atoms with van der Waals surface area (Å²) in [7, 11) is 0. The highest BCUT2D eigenvalue weighted by Crippen LogP contribution is 2.30. The number of carbonyl (C=O) groups is 1. The van der Waals surface area contributed by atoms with Crippen LogP contribution in [0.5, 0.6) is 0 Å². The fourth-order valence-corrected chi connectivity index (χ4v) is 3.46. The molecule has 1 saturated heterocycles. The van der Waals surface area contributed by atoms with Crippen molar-refractivity contribution >= 4 is 41.3 Å². The van der Waals surface area contributed by atoms with Crippen LogP contribution >= 0.6 is 35.3 Å². The minimum atomic E-state index is 0. The third-order valence-corrected chi connectivity index (χ3v) is 4.83. The van der Waals surface area contributed by atoms with E-state index in [0.717, 1.165) is 28.3 Å². The average molecular weight is 343 g/mol. The van der Waals surface area contributed by atoms with E-state index in [9.17, 15) is 4.79 Å². The van der Waals surface area contributed by atoms with Gasteiger partial charge in [-0.25, -0.2) is 0 Å². The number of nitrogens with two attached hydrogens (primary N) is 1. The molecule has 2 N–H and O–H groups in total. The van der Waals surface area contributed by atoms with Crippen LogP contribution in [0.4, 0.5) is 0 Å². The first-order valence-electron chi connectivity index (χ1n) is 6.54. The summed E-state index contributed by atoms with van der Waals surface area (Å²) in [6.07, 6.45) is 0.890. The lowest BCUT2D eigenvalue weighted by Gasteiger charge is -2.14. The van der Waals surface area contributed by atoms with E-state index in [1.165, 1.54) is 11.3 Å². The lowest BCUT2D eigenvalue weighted by molar-refractivity contribution is 0.0795. The first kappa shape index (κ1) is 16.3. The molecule has 1 aromatic heterocycles. The summed E-state index contributed by atoms with van der Waals surface area (Å²) in [6, 6.07) is 11.6. The molecule has 2 heterocycles. The Hall–Kier alpha value is -1.07. The molecule has 0 unspecified atom stereocenters. The number of halogens is 2. The van der Waals surface area contributed by atoms with Crippen molar-refractivity contribution in [2.45, 2.75) is 12.5 Å². The molecule has 3 rings (SSSR count). The van der Waals surface area contributed by atoms with Crippen molar-refractivity contribution in [2.75, 3.05) is 13.1 Å². The quantitative estimate of drug-likeness (QED) is 0.904. The van der Waals surface area contributed by atoms with Gasteiger partial charge in [-0.15, -0.1) is 23.7 Å². The van der Waals surface area contributed by atoms with Crippen LogP contribution in [0.1, 0.15) is 16.1 Å². The van der Waals surface area contributed by atoms with Crippen LogP contribution in [-0.2, 0) is 0 Å². The molecule has 21 heavy (non-hydrogen) atoms. The van der Waals surface area contributed by atoms with Crippen LogP contribution in [0.3, 0.4) is 0 Å². The van der Waals surface area contributed by atoms with Crippen molar-refractivity contribution in [3.8, 4) is 10.4 Å². The summed E-state index contributed by atoms with van der Waals surface area (Å²) >= 11 is 7.40. The van der Waals surface area contributed by atoms with Gasteiger partial charge in [-0.3, -0.25) is 4.79 Å². The number of hydrogen-bond acceptors (Lipinski definition) is 3. The molecule has 0 radical (unpaired) electrons. The molecule has 1 amide bonds. The Balaban J connectivity index is 0.00000161. The summed E-state index contributed by atoms with van der Waals surface area (Å²) in [4.78, 5) is 16.0. The molecule has 0 aliphatic carbocycles. The first-order chi connectivity index (χ1) is 9.63. The van der Waals surface area contributed by atoms with E-state index >= 15 is 0 Å². The summed E-state index contributed by atoms with van der Waals surface area (Å²) in [5, 5.41) is 0.715. The molecule has 1 atom stereocenters. The minimum absolute atomic E-state index is 0. The summed E-state index contributed by atoms with van der Waals surface area (Å²) in [5.74, 6) is 0.0863. The smallest absolute Gasteiger partial charge is 0.263 e. The fourth-order valence-electron chi connectivity index (χ4n) is 2.35. The highest BCUT2D eigenvalue weighted by molar-refractivity contribution is 7.17. The Morgan fingerprint density at radius 3 is 2.57 bits per heavy atom. The van der Waals surface area contributed by atoms with Gasteiger partial charge in [0.2, 0.25) is 0 Å². The number of nitrogens with zero attached hydrogens (tertiary/aromatic N) is 1. The zero-order valence-corrected chi connectivity index (χ0v) is 13.7. The zero-order chi connectivity index (χ0) is 14.1. The topological polar surface area (TPSA) is 46.3 Å². The second kappa shape index (κ2) is 6.79. The van der Waals surface area contributed by atoms with Crippen molar-refractivity contribution < 1.29 is 4.79 Å². The number of carbonyl (C=O) groups excluding carboxylic acids is 1. The van der Waals surface area contributed by atoms with Crippen molar-refractivity contribution in [1.29, 1.82) is 0 Å². The van der Waals surface area contributed by atoms with E-state index in [1.807, 2.05) is 41.3 Å². The SMILES string of the molecule is Cl.N[C@@H]1CCN(C(=O)c2ccc(-c3ccc(Cl)cc3)s2)C1. The molecule has 2 aromatic rings. The maximum Gasteiger partial charge on any atom is 0.263 e. The van der Waals surface area contributed by atoms with Gasteiger partial charge in [0.25, 0.3) is 5.91 Å². The monoisotopic (exact) mass is 342 g/mol. The maximum atomic E-state index is 12.4. The van der Waals surface area contributed by atoms with Crippen LogP contribution in [-0.4, -0.2) is 29.9 Å². The van der Waals surface area contributed by atoms with E-state index in [2.05, 4.69) is 0 Å². The van der Waals surface area contributed by atoms with Crippen LogP contribution in [0.25, 0.3) is 10.4 Å². The first-order valence-corrected chi connectivity index (χ1v) is 7.73. The second-order valence-electron chi connectivity index (χ2n) is 4.97. The molecule has 0 bridgehead atoms. The largest absolute Gasteiger partial charge is 0.336 e. The third kappa shape index (κ3) is 3.58. The minimum Gasteiger partial charge on any atom is -0.336 e. The van der Waals surface area contributed by atoms with E-state index in [0.29, 0.717) is 11.6 Å². The van der Waals surface area contributed by atoms with Crippen molar-refractivity contribution in [3.05, 3.63) is 46.3 Å². The normalized spacial score (nSPS) is 17.6. The van der Waals surface area contributed by atoms with E-state index < -0.39 is 0 Å². The van der Waals surface area contributed by atoms with E-state index in [1.54, 1.807) is 0 Å². The van der Waals surface area contributed by atoms with Gasteiger partial charge in [0, 0.05) is 29.0 Å². The van der Waals surface area contributed by atoms with Crippen LogP contribution in [0, 0.1) is 0 Å². The number of hydrogen-bond donors (Lipinski definition) is 1. The van der Waals surface area contributed by atoms with Crippen molar-refractivity contribution in [2.24, 2.45) is 5.73 Å². The Morgan fingerprint density at radius 2 is 1.95 bits per heavy atom. The summed E-state index contributed by atoms with van der Waals surface area (Å²) < 4.78 is 0. The van der Waals surface area contributed by atoms with Crippen molar-refractivity contribution in [3.63, 3.8) is 0 Å². The van der Waals surface area contributed by atoms with Crippen LogP contribution in [0.2, 0.25) is 5.02 Å². The van der Waals surface area contributed by atoms with Gasteiger partial charge in [0.15, 0.2) is 0 Å². The van der Waals surface area contributed by atoms with Gasteiger partial charge in [0.1, 0.15) is 0 Å². The standard InChI is InChI=1S/C15H15ClN2OS.ClH/c16-11-3-1-10(2-4-11)13-5-6-14(20-13)15(19)18-8-7-12(17)9-18;/h1-6,12H,7-9,17H2;1H/t12-;/m1./s1. The Labute approximate surface area is 139 Å². The number of rotatable bonds is 2. The lowest BCUT2D eigenvalue weighted by Crippen LogP contribution is -2.31. The van der Waals surface area contributed by atoms with Gasteiger partial charge in [0.05, 0.1) is 4.88 Å². The molecule has 1 aromatic carbocycles. The van der Waals surface area contributed by atoms with Gasteiger partial charge in [-0.2, -0.15) is 0 Å². The van der Waals surface area contributed by atoms with Gasteiger partial charge in [-0.1, -0.05) is 23.7 Å². The third-order valence-electron chi connectivity index (χ3n) is 3.46. The molecular formula is C15H16Cl2N2OS. The Kier molecular flexibility index (Phi) is 5.27. The lowest BCUT2D eigenvalue weighted by atomic mass is 10.2. The van der Waals surface area contributed by atoms with Crippen LogP contribution in [0.15, 0.2) is 36.4 Å². The molecular weight excluding hydrogens is 327 g/mol. The Bertz CT molecular complexity index is 627. The number of benzene rings is 1. The average Bonchev–Trinajstić information content (AvgIpc) is 3.08. The molecule has 1 aliphatic heterocycles. The number of amides is 1. The maximum absolute atomic E-state index is 12.4. The predicted octanol–water partition coefficient (Wildman–Crippen LogP) is 3.66. The molecule has 6 heteroatoms. The van der Waals surface area contributed by atoms with Gasteiger partial charge >= 0.3 is 0 Å². The molecule has 112 valence electrons. The highest BCUT2D eigenvalue weighted by atomic mass is 35.5. The second-order valence-corrected chi connectivity index (χ2v) is 6.49. The van der Waals surface area contributed by atoms with E-state index in [4.69, 9.17) is 17.3 Å². The van der Waals surface area contributed by atoms with Gasteiger partial charge in [-0.05, 0) is 36.2 Å². The zero-order valence-electron chi connectivity index (χ0n) is 11.3. The molecule has 0 saturated carbocycles. The Morgan fingerprint density at radius 1 is 1.24 bits per heavy atom. The molecule has 1 fully saturated rings. The predicted molar refractivity (Wildman–Crippen MR) is 90.5 cm³/mol. The van der Waals surface area contributed by atoms with Crippen LogP contribution < -0.4 is 5.73 Å². The van der Waals surface area contributed by atoms with E-state index in [-0.39, 0.29) is 24.4 Å². The fraction of sp³-hybridized carbons (Fsp3) is 0.267. The van der Waals surface area contributed by atoms with Crippen molar-refractivity contribution in [1.82, 2.24) is 4.90 Å². The molecule has 0 spiro atoms. The number of thiophene rings is 1. The summed E-state index contributed by atoms with van der Waals surface area (Å²) in [6.45, 7) is 1.42. The van der Waals surface area contributed by atoms with Gasteiger partial charge < -0.3 is 10.6 Å². The molecule has 1 aliphatic rings. The molecule has 3 nitrogen and oxygen atoms in total. The number of likely N-dealkylation sites (tertiary alicyclic amines) is 1.